The highest BCUT2D eigenvalue weighted by atomic mass is 35.5. The molecule has 0 saturated carbocycles. The number of hydrogen-bond acceptors (Lipinski definition) is 4. The second-order valence-corrected chi connectivity index (χ2v) is 5.12. The first kappa shape index (κ1) is 17.1. The van der Waals surface area contributed by atoms with Gasteiger partial charge in [0.05, 0.1) is 10.7 Å². The summed E-state index contributed by atoms with van der Waals surface area (Å²) < 4.78 is 5.61. The van der Waals surface area contributed by atoms with E-state index in [9.17, 15) is 4.79 Å². The molecule has 7 heteroatoms. The Bertz CT molecular complexity index is 638. The van der Waals surface area contributed by atoms with Gasteiger partial charge in [0.2, 0.25) is 0 Å². The fraction of sp³-hybridized carbons (Fsp3) is 0.250. The van der Waals surface area contributed by atoms with Gasteiger partial charge in [0, 0.05) is 25.0 Å². The van der Waals surface area contributed by atoms with Crippen LogP contribution in [0.25, 0.3) is 0 Å². The van der Waals surface area contributed by atoms with Crippen molar-refractivity contribution in [3.63, 3.8) is 0 Å². The standard InChI is InChI=1S/C16H18ClN3O3/c17-14-10-12(20-16(22)19-8-3-9-21)5-6-15(14)23-11-13-4-1-2-7-18-13/h1-2,4-7,10,21H,3,8-9,11H2,(H2,19,20,22). The van der Waals surface area contributed by atoms with E-state index in [0.717, 1.165) is 5.69 Å². The third kappa shape index (κ3) is 5.77. The number of nitrogens with one attached hydrogen (secondary N) is 2. The molecular formula is C16H18ClN3O3. The average Bonchev–Trinajstić information content (AvgIpc) is 2.55. The number of halogens is 1. The Labute approximate surface area is 139 Å². The van der Waals surface area contributed by atoms with Crippen molar-refractivity contribution < 1.29 is 14.6 Å². The van der Waals surface area contributed by atoms with Gasteiger partial charge in [-0.05, 0) is 36.8 Å². The Balaban J connectivity index is 1.88. The van der Waals surface area contributed by atoms with E-state index >= 15 is 0 Å². The summed E-state index contributed by atoms with van der Waals surface area (Å²) in [6, 6.07) is 10.2. The predicted molar refractivity (Wildman–Crippen MR) is 88.7 cm³/mol. The Kier molecular flexibility index (Phi) is 6.65. The minimum absolute atomic E-state index is 0.0361. The molecular weight excluding hydrogens is 318 g/mol. The maximum atomic E-state index is 11.6. The summed E-state index contributed by atoms with van der Waals surface area (Å²) in [4.78, 5) is 15.8. The number of benzene rings is 1. The van der Waals surface area contributed by atoms with E-state index in [2.05, 4.69) is 15.6 Å². The zero-order chi connectivity index (χ0) is 16.5. The van der Waals surface area contributed by atoms with E-state index in [1.54, 1.807) is 24.4 Å². The van der Waals surface area contributed by atoms with Crippen LogP contribution in [-0.4, -0.2) is 29.3 Å². The molecule has 3 N–H and O–H groups in total. The summed E-state index contributed by atoms with van der Waals surface area (Å²) in [5, 5.41) is 14.3. The number of aliphatic hydroxyl groups is 1. The molecule has 1 heterocycles. The molecule has 0 fully saturated rings. The molecule has 122 valence electrons. The van der Waals surface area contributed by atoms with Crippen LogP contribution in [0, 0.1) is 0 Å². The lowest BCUT2D eigenvalue weighted by molar-refractivity contribution is 0.249. The molecule has 23 heavy (non-hydrogen) atoms. The van der Waals surface area contributed by atoms with E-state index in [-0.39, 0.29) is 12.6 Å². The van der Waals surface area contributed by atoms with Crippen LogP contribution in [0.4, 0.5) is 10.5 Å². The van der Waals surface area contributed by atoms with Crippen LogP contribution in [0.1, 0.15) is 12.1 Å². The number of anilines is 1. The van der Waals surface area contributed by atoms with Gasteiger partial charge in [-0.2, -0.15) is 0 Å². The molecule has 6 nitrogen and oxygen atoms in total. The van der Waals surface area contributed by atoms with E-state index in [4.69, 9.17) is 21.4 Å². The predicted octanol–water partition coefficient (Wildman–Crippen LogP) is 2.82. The lowest BCUT2D eigenvalue weighted by Gasteiger charge is -2.11. The van der Waals surface area contributed by atoms with Crippen LogP contribution in [0.5, 0.6) is 5.75 Å². The monoisotopic (exact) mass is 335 g/mol. The van der Waals surface area contributed by atoms with Crippen LogP contribution in [0.15, 0.2) is 42.6 Å². The first-order valence-electron chi connectivity index (χ1n) is 7.17. The molecule has 2 amide bonds. The zero-order valence-electron chi connectivity index (χ0n) is 12.5. The smallest absolute Gasteiger partial charge is 0.319 e. The highest BCUT2D eigenvalue weighted by molar-refractivity contribution is 6.32. The topological polar surface area (TPSA) is 83.5 Å². The van der Waals surface area contributed by atoms with Crippen molar-refractivity contribution in [2.75, 3.05) is 18.5 Å². The second-order valence-electron chi connectivity index (χ2n) is 4.71. The normalized spacial score (nSPS) is 10.2. The maximum absolute atomic E-state index is 11.6. The number of aromatic nitrogens is 1. The largest absolute Gasteiger partial charge is 0.486 e. The SMILES string of the molecule is O=C(NCCCO)Nc1ccc(OCc2ccccn2)c(Cl)c1. The number of carbonyl (C=O) groups is 1. The molecule has 1 aromatic carbocycles. The summed E-state index contributed by atoms with van der Waals surface area (Å²) in [6.07, 6.45) is 2.21. The number of aliphatic hydroxyl groups excluding tert-OH is 1. The Hall–Kier alpha value is -2.31. The van der Waals surface area contributed by atoms with E-state index in [1.165, 1.54) is 0 Å². The van der Waals surface area contributed by atoms with Gasteiger partial charge in [0.15, 0.2) is 0 Å². The van der Waals surface area contributed by atoms with E-state index in [0.29, 0.717) is 36.0 Å². The molecule has 0 bridgehead atoms. The summed E-state index contributed by atoms with van der Waals surface area (Å²) in [7, 11) is 0. The lowest BCUT2D eigenvalue weighted by atomic mass is 10.3. The number of urea groups is 1. The highest BCUT2D eigenvalue weighted by Gasteiger charge is 2.06. The summed E-state index contributed by atoms with van der Waals surface area (Å²) in [5.74, 6) is 0.517. The molecule has 0 aliphatic rings. The minimum Gasteiger partial charge on any atom is -0.486 e. The number of nitrogens with zero attached hydrogens (tertiary/aromatic N) is 1. The van der Waals surface area contributed by atoms with Gasteiger partial charge in [-0.25, -0.2) is 4.79 Å². The fourth-order valence-electron chi connectivity index (χ4n) is 1.79. The van der Waals surface area contributed by atoms with Crippen LogP contribution in [0.2, 0.25) is 5.02 Å². The van der Waals surface area contributed by atoms with Crippen LogP contribution in [-0.2, 0) is 6.61 Å². The van der Waals surface area contributed by atoms with Crippen molar-refractivity contribution in [3.05, 3.63) is 53.3 Å². The maximum Gasteiger partial charge on any atom is 0.319 e. The fourth-order valence-corrected chi connectivity index (χ4v) is 2.02. The van der Waals surface area contributed by atoms with Crippen LogP contribution >= 0.6 is 11.6 Å². The van der Waals surface area contributed by atoms with Crippen molar-refractivity contribution in [2.24, 2.45) is 0 Å². The lowest BCUT2D eigenvalue weighted by Crippen LogP contribution is -2.29. The van der Waals surface area contributed by atoms with Gasteiger partial charge in [-0.1, -0.05) is 17.7 Å². The van der Waals surface area contributed by atoms with Crippen LogP contribution in [0.3, 0.4) is 0 Å². The molecule has 1 aromatic heterocycles. The molecule has 0 aliphatic carbocycles. The molecule has 2 aromatic rings. The number of ether oxygens (including phenoxy) is 1. The molecule has 0 saturated heterocycles. The van der Waals surface area contributed by atoms with Crippen molar-refractivity contribution in [3.8, 4) is 5.75 Å². The summed E-state index contributed by atoms with van der Waals surface area (Å²) >= 11 is 6.16. The highest BCUT2D eigenvalue weighted by Crippen LogP contribution is 2.28. The number of rotatable bonds is 7. The van der Waals surface area contributed by atoms with Gasteiger partial charge >= 0.3 is 6.03 Å². The Morgan fingerprint density at radius 1 is 1.30 bits per heavy atom. The van der Waals surface area contributed by atoms with Gasteiger partial charge in [-0.3, -0.25) is 4.98 Å². The number of amides is 2. The molecule has 2 rings (SSSR count). The summed E-state index contributed by atoms with van der Waals surface area (Å²) in [5.41, 5.74) is 1.36. The van der Waals surface area contributed by atoms with Crippen molar-refractivity contribution >= 4 is 23.3 Å². The van der Waals surface area contributed by atoms with Crippen LogP contribution < -0.4 is 15.4 Å². The van der Waals surface area contributed by atoms with Crippen molar-refractivity contribution in [1.29, 1.82) is 0 Å². The number of pyridine rings is 1. The number of hydrogen-bond donors (Lipinski definition) is 3. The van der Waals surface area contributed by atoms with Gasteiger partial charge in [0.1, 0.15) is 12.4 Å². The third-order valence-corrected chi connectivity index (χ3v) is 3.21. The van der Waals surface area contributed by atoms with Gasteiger partial charge in [-0.15, -0.1) is 0 Å². The Morgan fingerprint density at radius 3 is 2.87 bits per heavy atom. The molecule has 0 radical (unpaired) electrons. The molecule has 0 spiro atoms. The summed E-state index contributed by atoms with van der Waals surface area (Å²) in [6.45, 7) is 0.755. The first-order chi connectivity index (χ1) is 11.2. The first-order valence-corrected chi connectivity index (χ1v) is 7.55. The molecule has 0 atom stereocenters. The molecule has 0 aliphatic heterocycles. The van der Waals surface area contributed by atoms with Crippen molar-refractivity contribution in [1.82, 2.24) is 10.3 Å². The average molecular weight is 336 g/mol. The second kappa shape index (κ2) is 8.97. The quantitative estimate of drug-likeness (QED) is 0.679. The van der Waals surface area contributed by atoms with Gasteiger partial charge < -0.3 is 20.5 Å². The van der Waals surface area contributed by atoms with E-state index < -0.39 is 0 Å². The van der Waals surface area contributed by atoms with Gasteiger partial charge in [0.25, 0.3) is 0 Å². The van der Waals surface area contributed by atoms with Crippen molar-refractivity contribution in [2.45, 2.75) is 13.0 Å². The Morgan fingerprint density at radius 2 is 2.17 bits per heavy atom. The molecule has 0 unspecified atom stereocenters. The third-order valence-electron chi connectivity index (χ3n) is 2.91. The zero-order valence-corrected chi connectivity index (χ0v) is 13.2. The minimum atomic E-state index is -0.350. The number of carbonyl (C=O) groups excluding carboxylic acids is 1. The van der Waals surface area contributed by atoms with E-state index in [1.807, 2.05) is 18.2 Å².